The highest BCUT2D eigenvalue weighted by Gasteiger charge is 2.37. The summed E-state index contributed by atoms with van der Waals surface area (Å²) in [6.45, 7) is 6.30. The average molecular weight is 294 g/mol. The Morgan fingerprint density at radius 2 is 1.95 bits per heavy atom. The molecule has 3 fully saturated rings. The second kappa shape index (κ2) is 7.07. The van der Waals surface area contributed by atoms with E-state index in [9.17, 15) is 4.79 Å². The third-order valence-electron chi connectivity index (χ3n) is 5.50. The first-order valence-corrected chi connectivity index (χ1v) is 8.67. The van der Waals surface area contributed by atoms with Gasteiger partial charge < -0.3 is 15.5 Å². The minimum Gasteiger partial charge on any atom is -0.353 e. The molecule has 2 N–H and O–H groups in total. The fourth-order valence-corrected chi connectivity index (χ4v) is 4.05. The Bertz CT molecular complexity index is 340. The summed E-state index contributed by atoms with van der Waals surface area (Å²) in [6, 6.07) is 0.665. The summed E-state index contributed by atoms with van der Waals surface area (Å²) in [6.07, 6.45) is 6.29. The number of hydrogen-bond donors (Lipinski definition) is 2. The smallest absolute Gasteiger partial charge is 0.237 e. The Morgan fingerprint density at radius 1 is 1.19 bits per heavy atom. The summed E-state index contributed by atoms with van der Waals surface area (Å²) in [5.74, 6) is 0.964. The van der Waals surface area contributed by atoms with Gasteiger partial charge in [-0.05, 0) is 32.2 Å². The predicted molar refractivity (Wildman–Crippen MR) is 84.2 cm³/mol. The average Bonchev–Trinajstić information content (AvgIpc) is 2.93. The monoisotopic (exact) mass is 294 g/mol. The lowest BCUT2D eigenvalue weighted by atomic mass is 9.85. The number of piperazine rings is 1. The molecule has 0 aromatic rings. The molecule has 5 heteroatoms. The van der Waals surface area contributed by atoms with Crippen LogP contribution in [0.3, 0.4) is 0 Å². The zero-order valence-electron chi connectivity index (χ0n) is 13.3. The number of nitrogens with one attached hydrogen (secondary N) is 2. The van der Waals surface area contributed by atoms with Gasteiger partial charge >= 0.3 is 0 Å². The molecule has 0 aromatic carbocycles. The van der Waals surface area contributed by atoms with Gasteiger partial charge in [0.25, 0.3) is 0 Å². The number of carbonyl (C=O) groups is 1. The van der Waals surface area contributed by atoms with Gasteiger partial charge in [0.1, 0.15) is 0 Å². The van der Waals surface area contributed by atoms with Crippen LogP contribution in [-0.4, -0.2) is 74.1 Å². The summed E-state index contributed by atoms with van der Waals surface area (Å²) < 4.78 is 0. The Hall–Kier alpha value is -0.650. The predicted octanol–water partition coefficient (Wildman–Crippen LogP) is 0.271. The molecule has 2 aliphatic heterocycles. The first-order chi connectivity index (χ1) is 10.2. The summed E-state index contributed by atoms with van der Waals surface area (Å²) in [7, 11) is 2.17. The van der Waals surface area contributed by atoms with Gasteiger partial charge in [0, 0.05) is 45.3 Å². The van der Waals surface area contributed by atoms with Crippen molar-refractivity contribution in [3.63, 3.8) is 0 Å². The molecule has 1 aliphatic carbocycles. The molecular weight excluding hydrogens is 264 g/mol. The Labute approximate surface area is 128 Å². The third kappa shape index (κ3) is 3.96. The lowest BCUT2D eigenvalue weighted by Gasteiger charge is -2.32. The van der Waals surface area contributed by atoms with Gasteiger partial charge in [-0.25, -0.2) is 0 Å². The number of likely N-dealkylation sites (N-methyl/N-ethyl adjacent to an activating group) is 1. The Morgan fingerprint density at radius 3 is 2.71 bits per heavy atom. The van der Waals surface area contributed by atoms with E-state index in [4.69, 9.17) is 0 Å². The molecule has 2 saturated heterocycles. The molecule has 1 saturated carbocycles. The van der Waals surface area contributed by atoms with E-state index in [0.717, 1.165) is 51.6 Å². The summed E-state index contributed by atoms with van der Waals surface area (Å²) in [5.41, 5.74) is 0. The molecule has 0 aromatic heterocycles. The number of amides is 1. The van der Waals surface area contributed by atoms with Gasteiger partial charge in [-0.1, -0.05) is 12.8 Å². The van der Waals surface area contributed by atoms with Crippen LogP contribution < -0.4 is 10.6 Å². The summed E-state index contributed by atoms with van der Waals surface area (Å²) >= 11 is 0. The zero-order chi connectivity index (χ0) is 14.7. The van der Waals surface area contributed by atoms with Crippen molar-refractivity contribution < 1.29 is 4.79 Å². The number of nitrogens with zero attached hydrogens (tertiary/aromatic N) is 2. The van der Waals surface area contributed by atoms with E-state index >= 15 is 0 Å². The molecule has 5 nitrogen and oxygen atoms in total. The molecule has 120 valence electrons. The highest BCUT2D eigenvalue weighted by molar-refractivity contribution is 5.82. The fraction of sp³-hybridized carbons (Fsp3) is 0.938. The van der Waals surface area contributed by atoms with Gasteiger partial charge in [-0.15, -0.1) is 0 Å². The highest BCUT2D eigenvalue weighted by atomic mass is 16.2. The van der Waals surface area contributed by atoms with Crippen LogP contribution in [-0.2, 0) is 4.79 Å². The lowest BCUT2D eigenvalue weighted by Crippen LogP contribution is -2.48. The lowest BCUT2D eigenvalue weighted by molar-refractivity contribution is -0.122. The van der Waals surface area contributed by atoms with Gasteiger partial charge in [-0.2, -0.15) is 0 Å². The van der Waals surface area contributed by atoms with Crippen molar-refractivity contribution in [1.82, 2.24) is 20.4 Å². The number of fused-ring (bicyclic) bond motifs is 1. The number of rotatable bonds is 4. The van der Waals surface area contributed by atoms with Gasteiger partial charge in [0.15, 0.2) is 0 Å². The Balaban J connectivity index is 1.35. The first kappa shape index (κ1) is 15.3. The normalized spacial score (nSPS) is 34.6. The van der Waals surface area contributed by atoms with Gasteiger partial charge in [0.05, 0.1) is 6.04 Å². The van der Waals surface area contributed by atoms with E-state index in [1.54, 1.807) is 0 Å². The third-order valence-corrected chi connectivity index (χ3v) is 5.50. The molecule has 3 atom stereocenters. The van der Waals surface area contributed by atoms with Crippen molar-refractivity contribution in [1.29, 1.82) is 0 Å². The van der Waals surface area contributed by atoms with E-state index < -0.39 is 0 Å². The van der Waals surface area contributed by atoms with E-state index in [-0.39, 0.29) is 11.9 Å². The van der Waals surface area contributed by atoms with Crippen molar-refractivity contribution >= 4 is 5.91 Å². The van der Waals surface area contributed by atoms with Crippen LogP contribution in [0.25, 0.3) is 0 Å². The maximum Gasteiger partial charge on any atom is 0.237 e. The standard InChI is InChI=1S/C16H30N4O/c1-19-8-10-20(11-9-19)7-6-17-16(21)15-12-13-4-2-3-5-14(13)18-15/h13-15,18H,2-12H2,1H3,(H,17,21). The van der Waals surface area contributed by atoms with Crippen molar-refractivity contribution in [2.24, 2.45) is 5.92 Å². The van der Waals surface area contributed by atoms with Crippen LogP contribution in [0.1, 0.15) is 32.1 Å². The molecule has 0 bridgehead atoms. The van der Waals surface area contributed by atoms with Crippen LogP contribution in [0.2, 0.25) is 0 Å². The minimum atomic E-state index is 0.0607. The molecule has 1 amide bonds. The van der Waals surface area contributed by atoms with Crippen LogP contribution in [0.5, 0.6) is 0 Å². The quantitative estimate of drug-likeness (QED) is 0.781. The van der Waals surface area contributed by atoms with E-state index in [1.165, 1.54) is 25.7 Å². The largest absolute Gasteiger partial charge is 0.353 e. The van der Waals surface area contributed by atoms with Crippen LogP contribution in [0, 0.1) is 5.92 Å². The molecule has 3 aliphatic rings. The molecule has 3 unspecified atom stereocenters. The van der Waals surface area contributed by atoms with Crippen LogP contribution in [0.15, 0.2) is 0 Å². The molecule has 3 rings (SSSR count). The minimum absolute atomic E-state index is 0.0607. The number of hydrogen-bond acceptors (Lipinski definition) is 4. The van der Waals surface area contributed by atoms with Crippen LogP contribution in [0.4, 0.5) is 0 Å². The summed E-state index contributed by atoms with van der Waals surface area (Å²) in [5, 5.41) is 6.69. The second-order valence-electron chi connectivity index (χ2n) is 7.04. The van der Waals surface area contributed by atoms with Crippen molar-refractivity contribution in [2.45, 2.75) is 44.2 Å². The van der Waals surface area contributed by atoms with E-state index in [1.807, 2.05) is 0 Å². The van der Waals surface area contributed by atoms with Crippen LogP contribution >= 0.6 is 0 Å². The summed E-state index contributed by atoms with van der Waals surface area (Å²) in [4.78, 5) is 17.1. The first-order valence-electron chi connectivity index (χ1n) is 8.67. The maximum atomic E-state index is 12.3. The maximum absolute atomic E-state index is 12.3. The zero-order valence-corrected chi connectivity index (χ0v) is 13.3. The van der Waals surface area contributed by atoms with E-state index in [0.29, 0.717) is 6.04 Å². The fourth-order valence-electron chi connectivity index (χ4n) is 4.05. The molecule has 0 radical (unpaired) electrons. The topological polar surface area (TPSA) is 47.6 Å². The second-order valence-corrected chi connectivity index (χ2v) is 7.04. The van der Waals surface area contributed by atoms with Crippen molar-refractivity contribution in [3.05, 3.63) is 0 Å². The Kier molecular flexibility index (Phi) is 5.14. The molecular formula is C16H30N4O. The van der Waals surface area contributed by atoms with Gasteiger partial charge in [0.2, 0.25) is 5.91 Å². The molecule has 2 heterocycles. The van der Waals surface area contributed by atoms with Crippen molar-refractivity contribution in [2.75, 3.05) is 46.3 Å². The van der Waals surface area contributed by atoms with E-state index in [2.05, 4.69) is 27.5 Å². The number of carbonyl (C=O) groups excluding carboxylic acids is 1. The van der Waals surface area contributed by atoms with Crippen molar-refractivity contribution in [3.8, 4) is 0 Å². The van der Waals surface area contributed by atoms with Gasteiger partial charge in [-0.3, -0.25) is 9.69 Å². The highest BCUT2D eigenvalue weighted by Crippen LogP contribution is 2.33. The molecule has 0 spiro atoms. The molecule has 21 heavy (non-hydrogen) atoms. The SMILES string of the molecule is CN1CCN(CCNC(=O)C2CC3CCCCC3N2)CC1.